The zero-order valence-electron chi connectivity index (χ0n) is 9.22. The number of aromatic nitrogens is 1. The van der Waals surface area contributed by atoms with E-state index in [0.29, 0.717) is 11.0 Å². The van der Waals surface area contributed by atoms with Gasteiger partial charge in [0.15, 0.2) is 0 Å². The molecule has 3 rings (SSSR count). The zero-order valence-corrected chi connectivity index (χ0v) is 9.22. The molecule has 0 atom stereocenters. The summed E-state index contributed by atoms with van der Waals surface area (Å²) in [5, 5.41) is 10.6. The van der Waals surface area contributed by atoms with Gasteiger partial charge in [-0.1, -0.05) is 12.1 Å². The van der Waals surface area contributed by atoms with Gasteiger partial charge < -0.3 is 5.11 Å². The van der Waals surface area contributed by atoms with Crippen LogP contribution >= 0.6 is 0 Å². The van der Waals surface area contributed by atoms with E-state index in [1.807, 2.05) is 6.07 Å². The molecule has 0 aliphatic carbocycles. The molecule has 0 unspecified atom stereocenters. The second-order valence-electron chi connectivity index (χ2n) is 4.01. The van der Waals surface area contributed by atoms with Crippen molar-refractivity contribution in [3.05, 3.63) is 53.8 Å². The van der Waals surface area contributed by atoms with Crippen molar-refractivity contribution in [3.8, 4) is 0 Å². The van der Waals surface area contributed by atoms with Gasteiger partial charge in [0, 0.05) is 16.8 Å². The summed E-state index contributed by atoms with van der Waals surface area (Å²) in [7, 11) is 0. The standard InChI is InChI=1S/C14H8FNO2/c15-10-5-4-8-6-9-2-1-3-11(14(17)18)13(9)16-12(8)7-10/h1-7H,(H,17,18). The quantitative estimate of drug-likeness (QED) is 0.665. The average molecular weight is 241 g/mol. The smallest absolute Gasteiger partial charge is 0.337 e. The lowest BCUT2D eigenvalue weighted by molar-refractivity contribution is 0.0699. The minimum Gasteiger partial charge on any atom is -0.478 e. The fraction of sp³-hybridized carbons (Fsp3) is 0. The molecule has 1 aromatic heterocycles. The normalized spacial score (nSPS) is 10.9. The Morgan fingerprint density at radius 3 is 2.72 bits per heavy atom. The molecule has 0 spiro atoms. The number of carboxylic acid groups (broad SMARTS) is 1. The van der Waals surface area contributed by atoms with E-state index >= 15 is 0 Å². The third-order valence-corrected chi connectivity index (χ3v) is 2.83. The van der Waals surface area contributed by atoms with Gasteiger partial charge in [-0.15, -0.1) is 0 Å². The van der Waals surface area contributed by atoms with Crippen molar-refractivity contribution in [3.63, 3.8) is 0 Å². The largest absolute Gasteiger partial charge is 0.478 e. The molecule has 1 heterocycles. The number of halogens is 1. The maximum Gasteiger partial charge on any atom is 0.337 e. The first-order chi connectivity index (χ1) is 8.65. The summed E-state index contributed by atoms with van der Waals surface area (Å²) in [6.07, 6.45) is 0. The summed E-state index contributed by atoms with van der Waals surface area (Å²) in [5.74, 6) is -1.42. The molecule has 0 saturated carbocycles. The second-order valence-corrected chi connectivity index (χ2v) is 4.01. The van der Waals surface area contributed by atoms with Crippen molar-refractivity contribution in [1.82, 2.24) is 4.98 Å². The van der Waals surface area contributed by atoms with Crippen molar-refractivity contribution in [2.75, 3.05) is 0 Å². The van der Waals surface area contributed by atoms with Crippen LogP contribution in [0.1, 0.15) is 10.4 Å². The highest BCUT2D eigenvalue weighted by Gasteiger charge is 2.10. The Hall–Kier alpha value is -2.49. The van der Waals surface area contributed by atoms with Gasteiger partial charge in [-0.25, -0.2) is 14.2 Å². The first-order valence-electron chi connectivity index (χ1n) is 5.37. The molecule has 0 aliphatic heterocycles. The molecule has 3 nitrogen and oxygen atoms in total. The first kappa shape index (κ1) is 10.7. The SMILES string of the molecule is O=C(O)c1cccc2cc3ccc(F)cc3nc12. The number of fused-ring (bicyclic) bond motifs is 2. The molecule has 0 bridgehead atoms. The van der Waals surface area contributed by atoms with E-state index < -0.39 is 5.97 Å². The summed E-state index contributed by atoms with van der Waals surface area (Å²) in [6, 6.07) is 11.0. The highest BCUT2D eigenvalue weighted by atomic mass is 19.1. The molecule has 2 aromatic carbocycles. The molecule has 0 fully saturated rings. The van der Waals surface area contributed by atoms with Crippen molar-refractivity contribution in [1.29, 1.82) is 0 Å². The van der Waals surface area contributed by atoms with E-state index in [0.717, 1.165) is 10.8 Å². The van der Waals surface area contributed by atoms with Crippen LogP contribution in [0.4, 0.5) is 4.39 Å². The highest BCUT2D eigenvalue weighted by Crippen LogP contribution is 2.23. The number of hydrogen-bond donors (Lipinski definition) is 1. The summed E-state index contributed by atoms with van der Waals surface area (Å²) < 4.78 is 13.1. The third kappa shape index (κ3) is 1.59. The molecule has 88 valence electrons. The number of pyridine rings is 1. The average Bonchev–Trinajstić information content (AvgIpc) is 2.35. The predicted octanol–water partition coefficient (Wildman–Crippen LogP) is 3.23. The Morgan fingerprint density at radius 1 is 1.11 bits per heavy atom. The van der Waals surface area contributed by atoms with Gasteiger partial charge in [-0.2, -0.15) is 0 Å². The van der Waals surface area contributed by atoms with Crippen LogP contribution in [0.15, 0.2) is 42.5 Å². The topological polar surface area (TPSA) is 50.2 Å². The number of nitrogens with zero attached hydrogens (tertiary/aromatic N) is 1. The Morgan fingerprint density at radius 2 is 1.94 bits per heavy atom. The molecule has 0 radical (unpaired) electrons. The van der Waals surface area contributed by atoms with Crippen LogP contribution in [0.3, 0.4) is 0 Å². The van der Waals surface area contributed by atoms with Gasteiger partial charge in [-0.3, -0.25) is 0 Å². The second kappa shape index (κ2) is 3.77. The monoisotopic (exact) mass is 241 g/mol. The van der Waals surface area contributed by atoms with Crippen LogP contribution in [0.2, 0.25) is 0 Å². The van der Waals surface area contributed by atoms with Crippen molar-refractivity contribution >= 4 is 27.8 Å². The molecule has 18 heavy (non-hydrogen) atoms. The van der Waals surface area contributed by atoms with E-state index in [2.05, 4.69) is 4.98 Å². The number of para-hydroxylation sites is 1. The van der Waals surface area contributed by atoms with Crippen molar-refractivity contribution in [2.45, 2.75) is 0 Å². The molecule has 0 saturated heterocycles. The van der Waals surface area contributed by atoms with Crippen LogP contribution in [0.5, 0.6) is 0 Å². The van der Waals surface area contributed by atoms with E-state index in [4.69, 9.17) is 5.11 Å². The number of benzene rings is 2. The maximum absolute atomic E-state index is 13.1. The number of carbonyl (C=O) groups is 1. The van der Waals surface area contributed by atoms with Gasteiger partial charge in [-0.05, 0) is 24.3 Å². The summed E-state index contributed by atoms with van der Waals surface area (Å²) in [6.45, 7) is 0. The van der Waals surface area contributed by atoms with Crippen LogP contribution in [-0.4, -0.2) is 16.1 Å². The molecule has 3 aromatic rings. The Kier molecular flexibility index (Phi) is 2.23. The summed E-state index contributed by atoms with van der Waals surface area (Å²) in [4.78, 5) is 15.3. The Bertz CT molecular complexity index is 783. The molecular weight excluding hydrogens is 233 g/mol. The van der Waals surface area contributed by atoms with E-state index in [1.165, 1.54) is 18.2 Å². The van der Waals surface area contributed by atoms with E-state index in [1.54, 1.807) is 18.2 Å². The molecular formula is C14H8FNO2. The number of hydrogen-bond acceptors (Lipinski definition) is 2. The van der Waals surface area contributed by atoms with Crippen LogP contribution < -0.4 is 0 Å². The molecule has 0 aliphatic rings. The van der Waals surface area contributed by atoms with Crippen LogP contribution in [0.25, 0.3) is 21.8 Å². The number of aromatic carboxylic acids is 1. The summed E-state index contributed by atoms with van der Waals surface area (Å²) >= 11 is 0. The Balaban J connectivity index is 2.45. The third-order valence-electron chi connectivity index (χ3n) is 2.83. The number of rotatable bonds is 1. The molecule has 1 N–H and O–H groups in total. The minimum atomic E-state index is -1.04. The fourth-order valence-electron chi connectivity index (χ4n) is 2.00. The van der Waals surface area contributed by atoms with Gasteiger partial charge in [0.2, 0.25) is 0 Å². The minimum absolute atomic E-state index is 0.124. The molecule has 4 heteroatoms. The van der Waals surface area contributed by atoms with Gasteiger partial charge >= 0.3 is 5.97 Å². The first-order valence-corrected chi connectivity index (χ1v) is 5.37. The summed E-state index contributed by atoms with van der Waals surface area (Å²) in [5.41, 5.74) is 0.956. The lowest BCUT2D eigenvalue weighted by Crippen LogP contribution is -1.98. The van der Waals surface area contributed by atoms with Gasteiger partial charge in [0.1, 0.15) is 5.82 Å². The van der Waals surface area contributed by atoms with Crippen molar-refractivity contribution < 1.29 is 14.3 Å². The predicted molar refractivity (Wildman–Crippen MR) is 66.2 cm³/mol. The fourth-order valence-corrected chi connectivity index (χ4v) is 2.00. The maximum atomic E-state index is 13.1. The highest BCUT2D eigenvalue weighted by molar-refractivity contribution is 6.04. The van der Waals surface area contributed by atoms with Crippen LogP contribution in [0, 0.1) is 5.82 Å². The lowest BCUT2D eigenvalue weighted by Gasteiger charge is -2.04. The van der Waals surface area contributed by atoms with E-state index in [-0.39, 0.29) is 11.4 Å². The molecule has 0 amide bonds. The van der Waals surface area contributed by atoms with Gasteiger partial charge in [0.05, 0.1) is 16.6 Å². The van der Waals surface area contributed by atoms with Crippen molar-refractivity contribution in [2.24, 2.45) is 0 Å². The van der Waals surface area contributed by atoms with Gasteiger partial charge in [0.25, 0.3) is 0 Å². The Labute approximate surface area is 102 Å². The van der Waals surface area contributed by atoms with E-state index in [9.17, 15) is 9.18 Å². The lowest BCUT2D eigenvalue weighted by atomic mass is 10.1. The zero-order chi connectivity index (χ0) is 12.7. The van der Waals surface area contributed by atoms with Crippen LogP contribution in [-0.2, 0) is 0 Å². The number of carboxylic acids is 1.